The van der Waals surface area contributed by atoms with Crippen LogP contribution in [0.5, 0.6) is 0 Å². The van der Waals surface area contributed by atoms with Crippen molar-refractivity contribution in [1.29, 1.82) is 0 Å². The molecular formula is C9H19NO2. The molecule has 0 radical (unpaired) electrons. The van der Waals surface area contributed by atoms with Crippen LogP contribution in [0.2, 0.25) is 0 Å². The van der Waals surface area contributed by atoms with Crippen LogP contribution in [-0.4, -0.2) is 37.6 Å². The van der Waals surface area contributed by atoms with Crippen LogP contribution < -0.4 is 0 Å². The second kappa shape index (κ2) is 6.00. The predicted octanol–water partition coefficient (Wildman–Crippen LogP) is 1.28. The smallest absolute Gasteiger partial charge is 0.224 e. The van der Waals surface area contributed by atoms with Gasteiger partial charge >= 0.3 is 0 Å². The summed E-state index contributed by atoms with van der Waals surface area (Å²) in [7, 11) is 3.51. The number of hydrogen-bond acceptors (Lipinski definition) is 2. The lowest BCUT2D eigenvalue weighted by molar-refractivity contribution is -0.130. The van der Waals surface area contributed by atoms with Crippen LogP contribution in [0.1, 0.15) is 26.7 Å². The second-order valence-electron chi connectivity index (χ2n) is 3.13. The average Bonchev–Trinajstić information content (AvgIpc) is 2.03. The molecule has 0 aliphatic rings. The topological polar surface area (TPSA) is 29.5 Å². The van der Waals surface area contributed by atoms with Gasteiger partial charge in [-0.05, 0) is 13.3 Å². The van der Waals surface area contributed by atoms with Gasteiger partial charge in [0.2, 0.25) is 5.91 Å². The number of nitrogens with zero attached hydrogens (tertiary/aromatic N) is 1. The molecule has 0 saturated carbocycles. The Bertz CT molecular complexity index is 134. The summed E-state index contributed by atoms with van der Waals surface area (Å²) in [5.41, 5.74) is 0. The van der Waals surface area contributed by atoms with Gasteiger partial charge in [-0.15, -0.1) is 0 Å². The molecule has 0 fully saturated rings. The van der Waals surface area contributed by atoms with Crippen molar-refractivity contribution in [1.82, 2.24) is 4.90 Å². The molecule has 0 aromatic rings. The maximum Gasteiger partial charge on any atom is 0.224 e. The maximum absolute atomic E-state index is 11.1. The molecule has 3 heteroatoms. The molecule has 0 N–H and O–H groups in total. The van der Waals surface area contributed by atoms with Gasteiger partial charge in [0.25, 0.3) is 0 Å². The molecule has 12 heavy (non-hydrogen) atoms. The fraction of sp³-hybridized carbons (Fsp3) is 0.889. The molecule has 0 heterocycles. The van der Waals surface area contributed by atoms with Gasteiger partial charge in [0.1, 0.15) is 0 Å². The average molecular weight is 173 g/mol. The van der Waals surface area contributed by atoms with Crippen molar-refractivity contribution in [2.45, 2.75) is 32.8 Å². The van der Waals surface area contributed by atoms with E-state index < -0.39 is 0 Å². The summed E-state index contributed by atoms with van der Waals surface area (Å²) in [6, 6.07) is 0. The number of ether oxygens (including phenoxy) is 1. The molecule has 3 nitrogen and oxygen atoms in total. The molecule has 0 aromatic heterocycles. The van der Waals surface area contributed by atoms with E-state index in [9.17, 15) is 4.79 Å². The highest BCUT2D eigenvalue weighted by atomic mass is 16.5. The zero-order valence-corrected chi connectivity index (χ0v) is 8.46. The lowest BCUT2D eigenvalue weighted by Crippen LogP contribution is -2.23. The first-order valence-corrected chi connectivity index (χ1v) is 4.39. The van der Waals surface area contributed by atoms with E-state index in [1.807, 2.05) is 6.92 Å². The molecule has 0 aromatic carbocycles. The summed E-state index contributed by atoms with van der Waals surface area (Å²) in [5, 5.41) is 0. The third kappa shape index (κ3) is 5.13. The first kappa shape index (κ1) is 11.4. The van der Waals surface area contributed by atoms with E-state index in [4.69, 9.17) is 4.74 Å². The van der Waals surface area contributed by atoms with Crippen LogP contribution >= 0.6 is 0 Å². The molecule has 1 unspecified atom stereocenters. The van der Waals surface area contributed by atoms with E-state index in [-0.39, 0.29) is 12.0 Å². The van der Waals surface area contributed by atoms with Crippen LogP contribution in [0.25, 0.3) is 0 Å². The van der Waals surface area contributed by atoms with Crippen LogP contribution in [0.3, 0.4) is 0 Å². The van der Waals surface area contributed by atoms with E-state index >= 15 is 0 Å². The zero-order valence-electron chi connectivity index (χ0n) is 8.46. The Hall–Kier alpha value is -0.570. The van der Waals surface area contributed by atoms with Gasteiger partial charge < -0.3 is 9.64 Å². The molecule has 1 atom stereocenters. The maximum atomic E-state index is 11.1. The van der Waals surface area contributed by atoms with Crippen LogP contribution in [-0.2, 0) is 9.53 Å². The zero-order chi connectivity index (χ0) is 9.56. The van der Waals surface area contributed by atoms with Crippen molar-refractivity contribution in [2.75, 3.05) is 20.7 Å². The van der Waals surface area contributed by atoms with E-state index in [0.29, 0.717) is 13.0 Å². The number of hydrogen-bond donors (Lipinski definition) is 0. The Morgan fingerprint density at radius 2 is 2.08 bits per heavy atom. The number of rotatable bonds is 5. The highest BCUT2D eigenvalue weighted by Gasteiger charge is 2.04. The normalized spacial score (nSPS) is 12.7. The number of carbonyl (C=O) groups is 1. The number of carbonyl (C=O) groups excluding carboxylic acids is 1. The Labute approximate surface area is 74.7 Å². The molecule has 1 amide bonds. The lowest BCUT2D eigenvalue weighted by atomic mass is 10.3. The van der Waals surface area contributed by atoms with Gasteiger partial charge in [-0.25, -0.2) is 0 Å². The summed E-state index contributed by atoms with van der Waals surface area (Å²) in [4.78, 5) is 12.6. The van der Waals surface area contributed by atoms with Gasteiger partial charge in [0.05, 0.1) is 19.1 Å². The predicted molar refractivity (Wildman–Crippen MR) is 49.0 cm³/mol. The molecule has 0 bridgehead atoms. The van der Waals surface area contributed by atoms with E-state index in [0.717, 1.165) is 6.42 Å². The highest BCUT2D eigenvalue weighted by molar-refractivity contribution is 5.75. The minimum absolute atomic E-state index is 0.123. The van der Waals surface area contributed by atoms with Crippen LogP contribution in [0.4, 0.5) is 0 Å². The summed E-state index contributed by atoms with van der Waals surface area (Å²) in [5.74, 6) is 0.123. The Balaban J connectivity index is 3.37. The largest absolute Gasteiger partial charge is 0.378 e. The van der Waals surface area contributed by atoms with Gasteiger partial charge in [-0.3, -0.25) is 4.79 Å². The quantitative estimate of drug-likeness (QED) is 0.626. The molecule has 0 rings (SSSR count). The summed E-state index contributed by atoms with van der Waals surface area (Å²) < 4.78 is 5.36. The molecule has 0 aliphatic heterocycles. The van der Waals surface area contributed by atoms with Gasteiger partial charge in [-0.1, -0.05) is 6.92 Å². The first-order chi connectivity index (χ1) is 5.57. The monoisotopic (exact) mass is 173 g/mol. The summed E-state index contributed by atoms with van der Waals surface area (Å²) >= 11 is 0. The van der Waals surface area contributed by atoms with Crippen molar-refractivity contribution in [3.8, 4) is 0 Å². The third-order valence-corrected chi connectivity index (χ3v) is 1.79. The standard InChI is InChI=1S/C9H19NO2/c1-5-8(2)12-7-6-9(11)10(3)4/h8H,5-7H2,1-4H3. The Morgan fingerprint density at radius 1 is 1.50 bits per heavy atom. The molecule has 0 saturated heterocycles. The Kier molecular flexibility index (Phi) is 5.72. The SMILES string of the molecule is CCC(C)OCCC(=O)N(C)C. The molecule has 72 valence electrons. The van der Waals surface area contributed by atoms with Gasteiger partial charge in [-0.2, -0.15) is 0 Å². The lowest BCUT2D eigenvalue weighted by Gasteiger charge is -2.12. The fourth-order valence-corrected chi connectivity index (χ4v) is 0.689. The summed E-state index contributed by atoms with van der Waals surface area (Å²) in [6.07, 6.45) is 1.74. The van der Waals surface area contributed by atoms with Crippen LogP contribution in [0.15, 0.2) is 0 Å². The fourth-order valence-electron chi connectivity index (χ4n) is 0.689. The Morgan fingerprint density at radius 3 is 2.50 bits per heavy atom. The highest BCUT2D eigenvalue weighted by Crippen LogP contribution is 1.97. The first-order valence-electron chi connectivity index (χ1n) is 4.39. The van der Waals surface area contributed by atoms with Gasteiger partial charge in [0.15, 0.2) is 0 Å². The van der Waals surface area contributed by atoms with Crippen molar-refractivity contribution in [3.63, 3.8) is 0 Å². The minimum atomic E-state index is 0.123. The van der Waals surface area contributed by atoms with Crippen molar-refractivity contribution in [2.24, 2.45) is 0 Å². The second-order valence-corrected chi connectivity index (χ2v) is 3.13. The number of amides is 1. The third-order valence-electron chi connectivity index (χ3n) is 1.79. The molecule has 0 aliphatic carbocycles. The van der Waals surface area contributed by atoms with Crippen molar-refractivity contribution < 1.29 is 9.53 Å². The molecule has 0 spiro atoms. The van der Waals surface area contributed by atoms with Gasteiger partial charge in [0, 0.05) is 14.1 Å². The van der Waals surface area contributed by atoms with E-state index in [2.05, 4.69) is 6.92 Å². The molecular weight excluding hydrogens is 154 g/mol. The van der Waals surface area contributed by atoms with E-state index in [1.165, 1.54) is 0 Å². The van der Waals surface area contributed by atoms with Crippen molar-refractivity contribution in [3.05, 3.63) is 0 Å². The van der Waals surface area contributed by atoms with Crippen molar-refractivity contribution >= 4 is 5.91 Å². The van der Waals surface area contributed by atoms with E-state index in [1.54, 1.807) is 19.0 Å². The van der Waals surface area contributed by atoms with Crippen LogP contribution in [0, 0.1) is 0 Å². The summed E-state index contributed by atoms with van der Waals surface area (Å²) in [6.45, 7) is 4.62. The minimum Gasteiger partial charge on any atom is -0.378 e.